The molecule has 0 bridgehead atoms. The summed E-state index contributed by atoms with van der Waals surface area (Å²) >= 11 is 0. The van der Waals surface area contributed by atoms with Crippen LogP contribution < -0.4 is 0 Å². The van der Waals surface area contributed by atoms with Gasteiger partial charge in [-0.2, -0.15) is 0 Å². The minimum atomic E-state index is -0.375. The smallest absolute Gasteiger partial charge is 0.338 e. The molecule has 0 N–H and O–H groups in total. The highest BCUT2D eigenvalue weighted by molar-refractivity contribution is 5.89. The van der Waals surface area contributed by atoms with Crippen molar-refractivity contribution in [2.24, 2.45) is 0 Å². The van der Waals surface area contributed by atoms with Crippen molar-refractivity contribution < 1.29 is 33.3 Å². The molecule has 0 heterocycles. The van der Waals surface area contributed by atoms with E-state index in [0.29, 0.717) is 24.3 Å². The van der Waals surface area contributed by atoms with E-state index < -0.39 is 0 Å². The van der Waals surface area contributed by atoms with Gasteiger partial charge in [0.2, 0.25) is 0 Å². The van der Waals surface area contributed by atoms with E-state index >= 15 is 0 Å². The van der Waals surface area contributed by atoms with Crippen molar-refractivity contribution in [3.8, 4) is 0 Å². The Balaban J connectivity index is 1.55. The molecular weight excluding hydrogens is 424 g/mol. The Morgan fingerprint density at radius 2 is 0.970 bits per heavy atom. The number of hydrogen-bond donors (Lipinski definition) is 0. The minimum absolute atomic E-state index is 0.156. The van der Waals surface area contributed by atoms with E-state index in [-0.39, 0.29) is 49.6 Å². The van der Waals surface area contributed by atoms with Gasteiger partial charge in [0.05, 0.1) is 49.3 Å². The van der Waals surface area contributed by atoms with Gasteiger partial charge in [-0.15, -0.1) is 0 Å². The summed E-state index contributed by atoms with van der Waals surface area (Å²) in [4.78, 5) is 24.0. The van der Waals surface area contributed by atoms with Crippen LogP contribution in [0.4, 0.5) is 0 Å². The largest absolute Gasteiger partial charge is 0.459 e. The topological polar surface area (TPSA) is 80.3 Å². The Kier molecular flexibility index (Phi) is 11.6. The third-order valence-corrected chi connectivity index (χ3v) is 4.62. The first kappa shape index (κ1) is 26.5. The molecule has 2 rings (SSSR count). The standard InChI is InChI=1S/C26H34O7/c1-19(15-30-21(3)17-32-25(27)23-11-7-5-8-12-23)29-16-20(2)31-18-22(4)33-26(28)24-13-9-6-10-14-24/h5-14,19-22H,15-18H2,1-4H3. The Hall–Kier alpha value is -2.74. The van der Waals surface area contributed by atoms with Crippen molar-refractivity contribution in [1.29, 1.82) is 0 Å². The molecule has 33 heavy (non-hydrogen) atoms. The van der Waals surface area contributed by atoms with Gasteiger partial charge in [-0.05, 0) is 52.0 Å². The SMILES string of the molecule is CC(COC(=O)c1ccccc1)OCC(C)OCC(C)OCC(C)OC(=O)c1ccccc1. The Labute approximate surface area is 195 Å². The average Bonchev–Trinajstić information content (AvgIpc) is 2.84. The molecule has 4 atom stereocenters. The third kappa shape index (κ3) is 10.6. The Bertz CT molecular complexity index is 825. The molecule has 0 aliphatic carbocycles. The zero-order valence-electron chi connectivity index (χ0n) is 19.8. The molecule has 0 amide bonds. The highest BCUT2D eigenvalue weighted by atomic mass is 16.6. The van der Waals surface area contributed by atoms with E-state index in [1.165, 1.54) is 0 Å². The van der Waals surface area contributed by atoms with Crippen LogP contribution >= 0.6 is 0 Å². The zero-order valence-corrected chi connectivity index (χ0v) is 19.8. The van der Waals surface area contributed by atoms with Gasteiger partial charge in [-0.1, -0.05) is 36.4 Å². The second kappa shape index (κ2) is 14.4. The Morgan fingerprint density at radius 1 is 0.576 bits per heavy atom. The molecule has 0 aliphatic heterocycles. The monoisotopic (exact) mass is 458 g/mol. The summed E-state index contributed by atoms with van der Waals surface area (Å²) in [7, 11) is 0. The van der Waals surface area contributed by atoms with E-state index in [2.05, 4.69) is 0 Å². The summed E-state index contributed by atoms with van der Waals surface area (Å²) in [5, 5.41) is 0. The van der Waals surface area contributed by atoms with Crippen molar-refractivity contribution in [3.63, 3.8) is 0 Å². The minimum Gasteiger partial charge on any atom is -0.459 e. The lowest BCUT2D eigenvalue weighted by Crippen LogP contribution is -2.29. The molecular formula is C26H34O7. The number of carbonyl (C=O) groups excluding carboxylic acids is 2. The Morgan fingerprint density at radius 3 is 1.45 bits per heavy atom. The highest BCUT2D eigenvalue weighted by Gasteiger charge is 2.15. The van der Waals surface area contributed by atoms with Crippen LogP contribution in [0, 0.1) is 0 Å². The highest BCUT2D eigenvalue weighted by Crippen LogP contribution is 2.07. The van der Waals surface area contributed by atoms with Gasteiger partial charge in [-0.3, -0.25) is 0 Å². The quantitative estimate of drug-likeness (QED) is 0.390. The molecule has 7 heteroatoms. The van der Waals surface area contributed by atoms with E-state index in [9.17, 15) is 9.59 Å². The van der Waals surface area contributed by atoms with E-state index in [1.54, 1.807) is 55.5 Å². The van der Waals surface area contributed by atoms with Gasteiger partial charge in [0.15, 0.2) is 0 Å². The first-order valence-electron chi connectivity index (χ1n) is 11.2. The number of carbonyl (C=O) groups is 2. The second-order valence-electron chi connectivity index (χ2n) is 7.98. The molecule has 0 radical (unpaired) electrons. The van der Waals surface area contributed by atoms with Crippen molar-refractivity contribution in [1.82, 2.24) is 0 Å². The first-order chi connectivity index (χ1) is 15.8. The summed E-state index contributed by atoms with van der Waals surface area (Å²) in [5.74, 6) is -0.741. The molecule has 4 unspecified atom stereocenters. The van der Waals surface area contributed by atoms with Crippen LogP contribution in [0.2, 0.25) is 0 Å². The molecule has 0 spiro atoms. The van der Waals surface area contributed by atoms with Crippen molar-refractivity contribution in [3.05, 3.63) is 71.8 Å². The maximum absolute atomic E-state index is 12.1. The second-order valence-corrected chi connectivity index (χ2v) is 7.98. The predicted octanol–water partition coefficient (Wildman–Crippen LogP) is 4.30. The number of hydrogen-bond acceptors (Lipinski definition) is 7. The number of esters is 2. The molecule has 7 nitrogen and oxygen atoms in total. The van der Waals surface area contributed by atoms with E-state index in [1.807, 2.05) is 32.9 Å². The van der Waals surface area contributed by atoms with Crippen LogP contribution in [0.3, 0.4) is 0 Å². The summed E-state index contributed by atoms with van der Waals surface area (Å²) < 4.78 is 27.8. The van der Waals surface area contributed by atoms with Crippen molar-refractivity contribution in [2.75, 3.05) is 26.4 Å². The van der Waals surface area contributed by atoms with Gasteiger partial charge >= 0.3 is 11.9 Å². The van der Waals surface area contributed by atoms with Crippen molar-refractivity contribution >= 4 is 11.9 Å². The number of benzene rings is 2. The van der Waals surface area contributed by atoms with Gasteiger partial charge in [0.25, 0.3) is 0 Å². The molecule has 0 saturated carbocycles. The lowest BCUT2D eigenvalue weighted by atomic mass is 10.2. The van der Waals surface area contributed by atoms with E-state index in [4.69, 9.17) is 23.7 Å². The van der Waals surface area contributed by atoms with Gasteiger partial charge in [0, 0.05) is 0 Å². The first-order valence-corrected chi connectivity index (χ1v) is 11.2. The summed E-state index contributed by atoms with van der Waals surface area (Å²) in [6, 6.07) is 17.7. The maximum Gasteiger partial charge on any atom is 0.338 e. The lowest BCUT2D eigenvalue weighted by molar-refractivity contribution is -0.0851. The predicted molar refractivity (Wildman–Crippen MR) is 124 cm³/mol. The van der Waals surface area contributed by atoms with Crippen LogP contribution in [-0.2, 0) is 23.7 Å². The van der Waals surface area contributed by atoms with Crippen LogP contribution in [0.25, 0.3) is 0 Å². The third-order valence-electron chi connectivity index (χ3n) is 4.62. The molecule has 0 aromatic heterocycles. The fourth-order valence-electron chi connectivity index (χ4n) is 2.75. The van der Waals surface area contributed by atoms with Crippen LogP contribution in [0.1, 0.15) is 48.4 Å². The number of ether oxygens (including phenoxy) is 5. The van der Waals surface area contributed by atoms with Crippen molar-refractivity contribution in [2.45, 2.75) is 52.1 Å². The summed E-state index contributed by atoms with van der Waals surface area (Å²) in [6.07, 6.45) is -0.955. The fourth-order valence-corrected chi connectivity index (χ4v) is 2.75. The maximum atomic E-state index is 12.1. The summed E-state index contributed by atoms with van der Waals surface area (Å²) in [5.41, 5.74) is 1.03. The van der Waals surface area contributed by atoms with Crippen LogP contribution in [0.15, 0.2) is 60.7 Å². The lowest BCUT2D eigenvalue weighted by Gasteiger charge is -2.21. The van der Waals surface area contributed by atoms with E-state index in [0.717, 1.165) is 0 Å². The molecule has 0 aliphatic rings. The molecule has 180 valence electrons. The van der Waals surface area contributed by atoms with Crippen LogP contribution in [-0.4, -0.2) is 62.8 Å². The molecule has 0 fully saturated rings. The van der Waals surface area contributed by atoms with Gasteiger partial charge in [-0.25, -0.2) is 9.59 Å². The molecule has 2 aromatic carbocycles. The average molecular weight is 459 g/mol. The molecule has 2 aromatic rings. The van der Waals surface area contributed by atoms with Crippen LogP contribution in [0.5, 0.6) is 0 Å². The molecule has 0 saturated heterocycles. The normalized spacial score (nSPS) is 14.7. The van der Waals surface area contributed by atoms with Gasteiger partial charge < -0.3 is 23.7 Å². The fraction of sp³-hybridized carbons (Fsp3) is 0.462. The zero-order chi connectivity index (χ0) is 24.1. The summed E-state index contributed by atoms with van der Waals surface area (Å²) in [6.45, 7) is 8.61. The van der Waals surface area contributed by atoms with Gasteiger partial charge in [0.1, 0.15) is 12.7 Å². The number of rotatable bonds is 14.